The summed E-state index contributed by atoms with van der Waals surface area (Å²) >= 11 is 0. The largest absolute Gasteiger partial charge is 0.353 e. The second-order valence-corrected chi connectivity index (χ2v) is 4.28. The highest BCUT2D eigenvalue weighted by atomic mass is 15.1. The standard InChI is InChI=1S/C13H17N3/c1-9(2)11-6-4-5-7-12(11)15-13-8-14-16-10(13)3/h4-9,15H,1-3H3,(H,14,16). The van der Waals surface area contributed by atoms with Gasteiger partial charge in [0.25, 0.3) is 0 Å². The van der Waals surface area contributed by atoms with E-state index in [1.54, 1.807) is 0 Å². The van der Waals surface area contributed by atoms with Crippen LogP contribution in [0.5, 0.6) is 0 Å². The van der Waals surface area contributed by atoms with Crippen LogP contribution in [0.1, 0.15) is 31.0 Å². The highest BCUT2D eigenvalue weighted by Gasteiger charge is 2.07. The van der Waals surface area contributed by atoms with Crippen LogP contribution in [0.3, 0.4) is 0 Å². The van der Waals surface area contributed by atoms with Crippen LogP contribution < -0.4 is 5.32 Å². The van der Waals surface area contributed by atoms with Crippen LogP contribution in [0.15, 0.2) is 30.5 Å². The number of rotatable bonds is 3. The molecule has 2 rings (SSSR count). The fraction of sp³-hybridized carbons (Fsp3) is 0.308. The molecule has 0 fully saturated rings. The number of nitrogens with zero attached hydrogens (tertiary/aromatic N) is 1. The molecule has 2 N–H and O–H groups in total. The molecule has 2 aromatic rings. The Morgan fingerprint density at radius 3 is 2.56 bits per heavy atom. The summed E-state index contributed by atoms with van der Waals surface area (Å²) in [5, 5.41) is 10.3. The molecule has 3 nitrogen and oxygen atoms in total. The number of para-hydroxylation sites is 1. The van der Waals surface area contributed by atoms with Crippen molar-refractivity contribution in [3.05, 3.63) is 41.7 Å². The number of nitrogens with one attached hydrogen (secondary N) is 2. The molecule has 0 aliphatic rings. The number of aryl methyl sites for hydroxylation is 1. The minimum atomic E-state index is 0.510. The first-order valence-corrected chi connectivity index (χ1v) is 5.54. The van der Waals surface area contributed by atoms with E-state index in [2.05, 4.69) is 47.6 Å². The van der Waals surface area contributed by atoms with E-state index in [0.29, 0.717) is 5.92 Å². The average Bonchev–Trinajstić information content (AvgIpc) is 2.65. The van der Waals surface area contributed by atoms with Gasteiger partial charge in [0, 0.05) is 5.69 Å². The molecule has 0 aliphatic heterocycles. The molecule has 16 heavy (non-hydrogen) atoms. The van der Waals surface area contributed by atoms with Crippen molar-refractivity contribution in [2.45, 2.75) is 26.7 Å². The van der Waals surface area contributed by atoms with Gasteiger partial charge in [-0.25, -0.2) is 0 Å². The highest BCUT2D eigenvalue weighted by Crippen LogP contribution is 2.27. The highest BCUT2D eigenvalue weighted by molar-refractivity contribution is 5.64. The molecule has 0 spiro atoms. The Morgan fingerprint density at radius 2 is 1.94 bits per heavy atom. The van der Waals surface area contributed by atoms with Crippen LogP contribution in [0, 0.1) is 6.92 Å². The summed E-state index contributed by atoms with van der Waals surface area (Å²) in [6.07, 6.45) is 1.81. The Kier molecular flexibility index (Phi) is 2.95. The molecule has 0 aliphatic carbocycles. The first-order chi connectivity index (χ1) is 7.68. The van der Waals surface area contributed by atoms with Crippen molar-refractivity contribution in [2.75, 3.05) is 5.32 Å². The number of aromatic nitrogens is 2. The maximum atomic E-state index is 4.00. The number of anilines is 2. The van der Waals surface area contributed by atoms with Gasteiger partial charge in [-0.1, -0.05) is 32.0 Å². The SMILES string of the molecule is Cc1[nH]ncc1Nc1ccccc1C(C)C. The molecular formula is C13H17N3. The zero-order chi connectivity index (χ0) is 11.5. The Bertz CT molecular complexity index is 472. The van der Waals surface area contributed by atoms with Crippen LogP contribution in [0.25, 0.3) is 0 Å². The number of hydrogen-bond acceptors (Lipinski definition) is 2. The van der Waals surface area contributed by atoms with Crippen LogP contribution in [-0.4, -0.2) is 10.2 Å². The Hall–Kier alpha value is -1.77. The molecule has 0 radical (unpaired) electrons. The van der Waals surface area contributed by atoms with Crippen molar-refractivity contribution in [1.29, 1.82) is 0 Å². The van der Waals surface area contributed by atoms with Gasteiger partial charge in [0.1, 0.15) is 0 Å². The first kappa shape index (κ1) is 10.7. The quantitative estimate of drug-likeness (QED) is 0.821. The third-order valence-electron chi connectivity index (χ3n) is 2.68. The molecule has 1 aromatic carbocycles. The van der Waals surface area contributed by atoms with Crippen LogP contribution in [-0.2, 0) is 0 Å². The van der Waals surface area contributed by atoms with Gasteiger partial charge in [0.2, 0.25) is 0 Å². The van der Waals surface area contributed by atoms with Crippen LogP contribution >= 0.6 is 0 Å². The second kappa shape index (κ2) is 4.39. The summed E-state index contributed by atoms with van der Waals surface area (Å²) in [6.45, 7) is 6.40. The van der Waals surface area contributed by atoms with Gasteiger partial charge >= 0.3 is 0 Å². The molecule has 1 aromatic heterocycles. The monoisotopic (exact) mass is 215 g/mol. The van der Waals surface area contributed by atoms with Gasteiger partial charge in [0.05, 0.1) is 17.6 Å². The van der Waals surface area contributed by atoms with Crippen molar-refractivity contribution >= 4 is 11.4 Å². The zero-order valence-electron chi connectivity index (χ0n) is 9.91. The Morgan fingerprint density at radius 1 is 1.19 bits per heavy atom. The van der Waals surface area contributed by atoms with E-state index in [9.17, 15) is 0 Å². The zero-order valence-corrected chi connectivity index (χ0v) is 9.91. The van der Waals surface area contributed by atoms with Crippen molar-refractivity contribution in [1.82, 2.24) is 10.2 Å². The van der Waals surface area contributed by atoms with E-state index in [-0.39, 0.29) is 0 Å². The number of benzene rings is 1. The van der Waals surface area contributed by atoms with Crippen LogP contribution in [0.4, 0.5) is 11.4 Å². The molecule has 0 saturated carbocycles. The van der Waals surface area contributed by atoms with E-state index >= 15 is 0 Å². The molecule has 1 heterocycles. The summed E-state index contributed by atoms with van der Waals surface area (Å²) in [7, 11) is 0. The smallest absolute Gasteiger partial charge is 0.0797 e. The summed E-state index contributed by atoms with van der Waals surface area (Å²) < 4.78 is 0. The van der Waals surface area contributed by atoms with Gasteiger partial charge < -0.3 is 5.32 Å². The molecule has 0 saturated heterocycles. The van der Waals surface area contributed by atoms with Crippen molar-refractivity contribution < 1.29 is 0 Å². The van der Waals surface area contributed by atoms with Gasteiger partial charge in [0.15, 0.2) is 0 Å². The fourth-order valence-electron chi connectivity index (χ4n) is 1.74. The summed E-state index contributed by atoms with van der Waals surface area (Å²) in [5.74, 6) is 0.510. The van der Waals surface area contributed by atoms with E-state index < -0.39 is 0 Å². The molecular weight excluding hydrogens is 198 g/mol. The number of H-pyrrole nitrogens is 1. The molecule has 0 atom stereocenters. The van der Waals surface area contributed by atoms with E-state index in [1.165, 1.54) is 5.56 Å². The summed E-state index contributed by atoms with van der Waals surface area (Å²) in [4.78, 5) is 0. The number of aromatic amines is 1. The predicted molar refractivity (Wildman–Crippen MR) is 67.1 cm³/mol. The predicted octanol–water partition coefficient (Wildman–Crippen LogP) is 3.59. The minimum absolute atomic E-state index is 0.510. The summed E-state index contributed by atoms with van der Waals surface area (Å²) in [6, 6.07) is 8.37. The third kappa shape index (κ3) is 2.08. The lowest BCUT2D eigenvalue weighted by molar-refractivity contribution is 0.869. The average molecular weight is 215 g/mol. The van der Waals surface area contributed by atoms with Gasteiger partial charge in [-0.05, 0) is 24.5 Å². The maximum absolute atomic E-state index is 4.00. The van der Waals surface area contributed by atoms with Crippen molar-refractivity contribution in [2.24, 2.45) is 0 Å². The molecule has 0 bridgehead atoms. The molecule has 0 amide bonds. The van der Waals surface area contributed by atoms with Gasteiger partial charge in [-0.15, -0.1) is 0 Å². The lowest BCUT2D eigenvalue weighted by atomic mass is 10.0. The minimum Gasteiger partial charge on any atom is -0.353 e. The first-order valence-electron chi connectivity index (χ1n) is 5.54. The van der Waals surface area contributed by atoms with Crippen molar-refractivity contribution in [3.63, 3.8) is 0 Å². The third-order valence-corrected chi connectivity index (χ3v) is 2.68. The lowest BCUT2D eigenvalue weighted by Gasteiger charge is -2.13. The summed E-state index contributed by atoms with van der Waals surface area (Å²) in [5.41, 5.74) is 4.57. The normalized spacial score (nSPS) is 10.8. The topological polar surface area (TPSA) is 40.7 Å². The van der Waals surface area contributed by atoms with Gasteiger partial charge in [-0.3, -0.25) is 5.10 Å². The molecule has 0 unspecified atom stereocenters. The lowest BCUT2D eigenvalue weighted by Crippen LogP contribution is -1.97. The fourth-order valence-corrected chi connectivity index (χ4v) is 1.74. The number of hydrogen-bond donors (Lipinski definition) is 2. The maximum Gasteiger partial charge on any atom is 0.0797 e. The molecule has 84 valence electrons. The Labute approximate surface area is 95.9 Å². The van der Waals surface area contributed by atoms with E-state index in [0.717, 1.165) is 17.1 Å². The van der Waals surface area contributed by atoms with Gasteiger partial charge in [-0.2, -0.15) is 5.10 Å². The second-order valence-electron chi connectivity index (χ2n) is 4.28. The van der Waals surface area contributed by atoms with E-state index in [1.807, 2.05) is 19.2 Å². The molecule has 3 heteroatoms. The Balaban J connectivity index is 2.31. The van der Waals surface area contributed by atoms with Crippen molar-refractivity contribution in [3.8, 4) is 0 Å². The van der Waals surface area contributed by atoms with Crippen LogP contribution in [0.2, 0.25) is 0 Å². The van der Waals surface area contributed by atoms with E-state index in [4.69, 9.17) is 0 Å².